The number of carbonyl (C=O) groups excluding carboxylic acids is 2. The summed E-state index contributed by atoms with van der Waals surface area (Å²) in [5.74, 6) is 0.840. The Morgan fingerprint density at radius 3 is 2.38 bits per heavy atom. The highest BCUT2D eigenvalue weighted by atomic mass is 16.2. The van der Waals surface area contributed by atoms with Gasteiger partial charge in [0.25, 0.3) is 0 Å². The Hall–Kier alpha value is -2.56. The molecule has 1 aliphatic carbocycles. The molecular formula is C27H39N3O2. The van der Waals surface area contributed by atoms with Crippen LogP contribution in [0.15, 0.2) is 48.7 Å². The van der Waals surface area contributed by atoms with E-state index in [1.807, 2.05) is 70.1 Å². The van der Waals surface area contributed by atoms with Gasteiger partial charge in [0, 0.05) is 38.4 Å². The van der Waals surface area contributed by atoms with Gasteiger partial charge >= 0.3 is 0 Å². The number of rotatable bonds is 12. The van der Waals surface area contributed by atoms with Gasteiger partial charge in [0.2, 0.25) is 11.8 Å². The normalized spacial score (nSPS) is 13.9. The van der Waals surface area contributed by atoms with Gasteiger partial charge in [-0.25, -0.2) is 0 Å². The monoisotopic (exact) mass is 437 g/mol. The minimum atomic E-state index is 0.0142. The average molecular weight is 438 g/mol. The number of carbonyl (C=O) groups is 2. The molecule has 3 rings (SSSR count). The average Bonchev–Trinajstić information content (AvgIpc) is 3.47. The minimum absolute atomic E-state index is 0.0142. The van der Waals surface area contributed by atoms with Crippen molar-refractivity contribution in [2.24, 2.45) is 13.0 Å². The van der Waals surface area contributed by atoms with Gasteiger partial charge in [0.1, 0.15) is 0 Å². The van der Waals surface area contributed by atoms with Gasteiger partial charge in [-0.1, -0.05) is 69.4 Å². The number of amides is 2. The highest BCUT2D eigenvalue weighted by Crippen LogP contribution is 2.28. The zero-order chi connectivity index (χ0) is 22.8. The Morgan fingerprint density at radius 2 is 1.72 bits per heavy atom. The van der Waals surface area contributed by atoms with Crippen molar-refractivity contribution in [1.82, 2.24) is 14.4 Å². The summed E-state index contributed by atoms with van der Waals surface area (Å²) < 4.78 is 2.05. The molecule has 0 spiro atoms. The molecule has 32 heavy (non-hydrogen) atoms. The van der Waals surface area contributed by atoms with E-state index < -0.39 is 0 Å². The fourth-order valence-electron chi connectivity index (χ4n) is 4.58. The molecule has 2 amide bonds. The molecule has 1 heterocycles. The first-order valence-corrected chi connectivity index (χ1v) is 12.3. The first-order valence-electron chi connectivity index (χ1n) is 12.3. The summed E-state index contributed by atoms with van der Waals surface area (Å²) in [6.45, 7) is 4.04. The van der Waals surface area contributed by atoms with Crippen LogP contribution in [0.5, 0.6) is 0 Å². The summed E-state index contributed by atoms with van der Waals surface area (Å²) in [5.41, 5.74) is 2.18. The zero-order valence-corrected chi connectivity index (χ0v) is 19.8. The van der Waals surface area contributed by atoms with Gasteiger partial charge in [-0.2, -0.15) is 0 Å². The van der Waals surface area contributed by atoms with E-state index in [0.717, 1.165) is 30.5 Å². The second-order valence-electron chi connectivity index (χ2n) is 9.20. The molecule has 1 aromatic heterocycles. The van der Waals surface area contributed by atoms with E-state index >= 15 is 0 Å². The molecule has 1 saturated carbocycles. The van der Waals surface area contributed by atoms with E-state index in [9.17, 15) is 9.59 Å². The Balaban J connectivity index is 1.67. The van der Waals surface area contributed by atoms with E-state index in [2.05, 4.69) is 6.92 Å². The lowest BCUT2D eigenvalue weighted by Crippen LogP contribution is -2.43. The second-order valence-corrected chi connectivity index (χ2v) is 9.20. The maximum absolute atomic E-state index is 13.4. The van der Waals surface area contributed by atoms with E-state index in [-0.39, 0.29) is 18.4 Å². The predicted molar refractivity (Wildman–Crippen MR) is 129 cm³/mol. The first-order chi connectivity index (χ1) is 15.6. The molecule has 2 aromatic rings. The van der Waals surface area contributed by atoms with Crippen LogP contribution in [-0.4, -0.2) is 39.3 Å². The van der Waals surface area contributed by atoms with E-state index in [0.29, 0.717) is 32.0 Å². The van der Waals surface area contributed by atoms with Crippen molar-refractivity contribution in [3.05, 3.63) is 59.9 Å². The molecule has 0 bridgehead atoms. The lowest BCUT2D eigenvalue weighted by Gasteiger charge is -2.28. The van der Waals surface area contributed by atoms with Gasteiger partial charge in [0.05, 0.1) is 13.1 Å². The van der Waals surface area contributed by atoms with Gasteiger partial charge in [-0.15, -0.1) is 0 Å². The number of hydrogen-bond acceptors (Lipinski definition) is 2. The van der Waals surface area contributed by atoms with Crippen molar-refractivity contribution in [2.75, 3.05) is 13.1 Å². The minimum Gasteiger partial charge on any atom is -0.353 e. The summed E-state index contributed by atoms with van der Waals surface area (Å²) in [7, 11) is 2.00. The Labute approximate surface area is 193 Å². The molecule has 0 unspecified atom stereocenters. The maximum atomic E-state index is 13.4. The molecule has 1 fully saturated rings. The molecule has 174 valence electrons. The van der Waals surface area contributed by atoms with Crippen molar-refractivity contribution < 1.29 is 9.59 Å². The first kappa shape index (κ1) is 24.1. The predicted octanol–water partition coefficient (Wildman–Crippen LogP) is 5.15. The second kappa shape index (κ2) is 12.5. The van der Waals surface area contributed by atoms with Gasteiger partial charge in [-0.3, -0.25) is 9.59 Å². The van der Waals surface area contributed by atoms with Crippen LogP contribution in [0.3, 0.4) is 0 Å². The molecule has 0 radical (unpaired) electrons. The van der Waals surface area contributed by atoms with Crippen LogP contribution in [0.4, 0.5) is 0 Å². The van der Waals surface area contributed by atoms with Crippen molar-refractivity contribution >= 4 is 11.8 Å². The van der Waals surface area contributed by atoms with Crippen molar-refractivity contribution in [1.29, 1.82) is 0 Å². The number of benzene rings is 1. The lowest BCUT2D eigenvalue weighted by atomic mass is 10.0. The highest BCUT2D eigenvalue weighted by Gasteiger charge is 2.23. The molecule has 0 aliphatic heterocycles. The smallest absolute Gasteiger partial charge is 0.242 e. The molecule has 0 saturated heterocycles. The Kier molecular flexibility index (Phi) is 9.39. The SMILES string of the molecule is CCCCN(CC(=O)N(Cc1ccccc1)Cc1cccn1C)C(=O)CCC1CCCC1. The van der Waals surface area contributed by atoms with E-state index in [1.54, 1.807) is 0 Å². The molecular weight excluding hydrogens is 398 g/mol. The fraction of sp³-hybridized carbons (Fsp3) is 0.556. The number of nitrogens with zero attached hydrogens (tertiary/aromatic N) is 3. The summed E-state index contributed by atoms with van der Waals surface area (Å²) in [4.78, 5) is 30.2. The largest absolute Gasteiger partial charge is 0.353 e. The third kappa shape index (κ3) is 7.25. The highest BCUT2D eigenvalue weighted by molar-refractivity contribution is 5.84. The molecule has 1 aromatic carbocycles. The molecule has 0 N–H and O–H groups in total. The van der Waals surface area contributed by atoms with Crippen molar-refractivity contribution in [2.45, 2.75) is 71.4 Å². The third-order valence-corrected chi connectivity index (χ3v) is 6.67. The maximum Gasteiger partial charge on any atom is 0.242 e. The van der Waals surface area contributed by atoms with Crippen LogP contribution in [0.2, 0.25) is 0 Å². The topological polar surface area (TPSA) is 45.6 Å². The molecule has 1 aliphatic rings. The lowest BCUT2D eigenvalue weighted by molar-refractivity contribution is -0.141. The number of unbranched alkanes of at least 4 members (excludes halogenated alkanes) is 1. The van der Waals surface area contributed by atoms with Crippen molar-refractivity contribution in [3.63, 3.8) is 0 Å². The number of aryl methyl sites for hydroxylation is 1. The van der Waals surface area contributed by atoms with Crippen LogP contribution in [0.1, 0.15) is 69.5 Å². The zero-order valence-electron chi connectivity index (χ0n) is 19.8. The fourth-order valence-corrected chi connectivity index (χ4v) is 4.58. The Bertz CT molecular complexity index is 840. The third-order valence-electron chi connectivity index (χ3n) is 6.67. The summed E-state index contributed by atoms with van der Waals surface area (Å²) in [5, 5.41) is 0. The van der Waals surface area contributed by atoms with Gasteiger partial charge in [-0.05, 0) is 36.5 Å². The quantitative estimate of drug-likeness (QED) is 0.461. The van der Waals surface area contributed by atoms with Crippen LogP contribution in [0.25, 0.3) is 0 Å². The van der Waals surface area contributed by atoms with E-state index in [4.69, 9.17) is 0 Å². The van der Waals surface area contributed by atoms with Crippen molar-refractivity contribution in [3.8, 4) is 0 Å². The van der Waals surface area contributed by atoms with Crippen LogP contribution in [-0.2, 0) is 29.7 Å². The Morgan fingerprint density at radius 1 is 0.969 bits per heavy atom. The number of aromatic nitrogens is 1. The molecule has 0 atom stereocenters. The summed E-state index contributed by atoms with van der Waals surface area (Å²) in [6, 6.07) is 14.1. The van der Waals surface area contributed by atoms with Gasteiger partial charge in [0.15, 0.2) is 0 Å². The van der Waals surface area contributed by atoms with Crippen LogP contribution >= 0.6 is 0 Å². The van der Waals surface area contributed by atoms with E-state index in [1.165, 1.54) is 25.7 Å². The number of hydrogen-bond donors (Lipinski definition) is 0. The van der Waals surface area contributed by atoms with Crippen LogP contribution < -0.4 is 0 Å². The summed E-state index contributed by atoms with van der Waals surface area (Å²) >= 11 is 0. The van der Waals surface area contributed by atoms with Gasteiger partial charge < -0.3 is 14.4 Å². The summed E-state index contributed by atoms with van der Waals surface area (Å²) in [6.07, 6.45) is 10.6. The standard InChI is InChI=1S/C27H39N3O2/c1-3-4-19-29(26(31)17-16-23-11-8-9-12-23)22-27(32)30(20-24-13-6-5-7-14-24)21-25-15-10-18-28(25)2/h5-7,10,13-15,18,23H,3-4,8-9,11-12,16-17,19-22H2,1-2H3. The molecule has 5 heteroatoms. The van der Waals surface area contributed by atoms with Crippen LogP contribution in [0, 0.1) is 5.92 Å². The molecule has 5 nitrogen and oxygen atoms in total.